The second-order valence-electron chi connectivity index (χ2n) is 8.34. The van der Waals surface area contributed by atoms with Crippen molar-refractivity contribution in [1.29, 1.82) is 0 Å². The number of piperazine rings is 1. The van der Waals surface area contributed by atoms with Gasteiger partial charge >= 0.3 is 0 Å². The monoisotopic (exact) mass is 464 g/mol. The Bertz CT molecular complexity index is 1180. The molecule has 1 saturated heterocycles. The Kier molecular flexibility index (Phi) is 5.78. The molecule has 0 saturated carbocycles. The zero-order chi connectivity index (χ0) is 22.9. The van der Waals surface area contributed by atoms with Crippen molar-refractivity contribution in [3.05, 3.63) is 64.8 Å². The van der Waals surface area contributed by atoms with Gasteiger partial charge in [0.15, 0.2) is 6.73 Å². The van der Waals surface area contributed by atoms with Crippen LogP contribution in [0.2, 0.25) is 5.02 Å². The van der Waals surface area contributed by atoms with Crippen LogP contribution in [0.4, 0.5) is 23.0 Å². The van der Waals surface area contributed by atoms with Gasteiger partial charge in [0.2, 0.25) is 11.8 Å². The van der Waals surface area contributed by atoms with Crippen LogP contribution in [0.1, 0.15) is 15.9 Å². The van der Waals surface area contributed by atoms with E-state index in [1.165, 1.54) is 16.8 Å². The van der Waals surface area contributed by atoms with Crippen LogP contribution in [0.15, 0.2) is 48.7 Å². The van der Waals surface area contributed by atoms with Crippen LogP contribution >= 0.6 is 11.6 Å². The molecule has 0 spiro atoms. The maximum absolute atomic E-state index is 13.0. The highest BCUT2D eigenvalue weighted by Gasteiger charge is 2.30. The molecular formula is C24H25ClN6O2. The molecular weight excluding hydrogens is 440 g/mol. The number of aryl methyl sites for hydroxylation is 1. The van der Waals surface area contributed by atoms with Crippen molar-refractivity contribution in [1.82, 2.24) is 14.9 Å². The zero-order valence-corrected chi connectivity index (χ0v) is 19.3. The Morgan fingerprint density at radius 1 is 1.06 bits per heavy atom. The fraction of sp³-hybridized carbons (Fsp3) is 0.292. The van der Waals surface area contributed by atoms with Crippen LogP contribution in [0.25, 0.3) is 0 Å². The maximum atomic E-state index is 13.0. The van der Waals surface area contributed by atoms with Crippen LogP contribution in [0.5, 0.6) is 5.88 Å². The van der Waals surface area contributed by atoms with Gasteiger partial charge in [-0.25, -0.2) is 4.98 Å². The summed E-state index contributed by atoms with van der Waals surface area (Å²) >= 11 is 6.34. The minimum Gasteiger partial charge on any atom is -0.455 e. The van der Waals surface area contributed by atoms with E-state index in [1.807, 2.05) is 37.3 Å². The quantitative estimate of drug-likeness (QED) is 0.627. The summed E-state index contributed by atoms with van der Waals surface area (Å²) in [4.78, 5) is 27.9. The van der Waals surface area contributed by atoms with E-state index in [-0.39, 0.29) is 18.5 Å². The van der Waals surface area contributed by atoms with Crippen LogP contribution < -0.4 is 19.9 Å². The highest BCUT2D eigenvalue weighted by Crippen LogP contribution is 2.32. The first kappa shape index (κ1) is 21.5. The number of nitrogens with zero attached hydrogens (tertiary/aromatic N) is 5. The van der Waals surface area contributed by atoms with Crippen molar-refractivity contribution in [2.24, 2.45) is 0 Å². The number of carbonyl (C=O) groups is 1. The van der Waals surface area contributed by atoms with Gasteiger partial charge in [-0.15, -0.1) is 0 Å². The zero-order valence-electron chi connectivity index (χ0n) is 18.6. The summed E-state index contributed by atoms with van der Waals surface area (Å²) in [6.45, 7) is 6.15. The van der Waals surface area contributed by atoms with Gasteiger partial charge in [0.05, 0.1) is 10.7 Å². The molecule has 0 radical (unpaired) electrons. The number of aromatic nitrogens is 2. The summed E-state index contributed by atoms with van der Waals surface area (Å²) in [7, 11) is 2.15. The number of nitrogens with one attached hydrogen (secondary N) is 1. The molecule has 2 aromatic carbocycles. The number of hydrogen-bond acceptors (Lipinski definition) is 7. The number of benzene rings is 2. The molecule has 0 bridgehead atoms. The Morgan fingerprint density at radius 3 is 2.55 bits per heavy atom. The van der Waals surface area contributed by atoms with Crippen LogP contribution in [-0.2, 0) is 0 Å². The fourth-order valence-corrected chi connectivity index (χ4v) is 4.31. The third-order valence-corrected chi connectivity index (χ3v) is 6.25. The molecule has 1 N–H and O–H groups in total. The molecule has 0 unspecified atom stereocenters. The van der Waals surface area contributed by atoms with Gasteiger partial charge in [-0.1, -0.05) is 17.7 Å². The minimum atomic E-state index is -0.245. The Hall–Kier alpha value is -3.36. The lowest BCUT2D eigenvalue weighted by Gasteiger charge is -2.34. The summed E-state index contributed by atoms with van der Waals surface area (Å²) < 4.78 is 5.78. The third kappa shape index (κ3) is 4.44. The average Bonchev–Trinajstić information content (AvgIpc) is 2.81. The van der Waals surface area contributed by atoms with Crippen molar-refractivity contribution in [3.8, 4) is 5.88 Å². The van der Waals surface area contributed by atoms with E-state index in [2.05, 4.69) is 44.3 Å². The molecule has 3 heterocycles. The Balaban J connectivity index is 1.29. The van der Waals surface area contributed by atoms with E-state index >= 15 is 0 Å². The molecule has 9 heteroatoms. The number of carbonyl (C=O) groups excluding carboxylic acids is 1. The van der Waals surface area contributed by atoms with E-state index in [0.29, 0.717) is 22.2 Å². The molecule has 33 heavy (non-hydrogen) atoms. The SMILES string of the molecule is Cc1ccc(N2COc3nc(Nc4ccc(N5CCN(C)CC5)cc4)ncc3C2=O)c(Cl)c1. The van der Waals surface area contributed by atoms with Gasteiger partial charge in [-0.05, 0) is 55.9 Å². The van der Waals surface area contributed by atoms with Gasteiger partial charge < -0.3 is 19.9 Å². The van der Waals surface area contributed by atoms with Crippen LogP contribution in [-0.4, -0.2) is 60.7 Å². The molecule has 1 aromatic heterocycles. The predicted molar refractivity (Wildman–Crippen MR) is 130 cm³/mol. The predicted octanol–water partition coefficient (Wildman–Crippen LogP) is 3.93. The van der Waals surface area contributed by atoms with Crippen molar-refractivity contribution >= 4 is 40.5 Å². The van der Waals surface area contributed by atoms with Crippen molar-refractivity contribution < 1.29 is 9.53 Å². The summed E-state index contributed by atoms with van der Waals surface area (Å²) in [6, 6.07) is 13.7. The van der Waals surface area contributed by atoms with Gasteiger partial charge in [0.25, 0.3) is 5.91 Å². The molecule has 1 amide bonds. The number of anilines is 4. The van der Waals surface area contributed by atoms with E-state index < -0.39 is 0 Å². The average molecular weight is 465 g/mol. The van der Waals surface area contributed by atoms with Crippen LogP contribution in [0.3, 0.4) is 0 Å². The number of likely N-dealkylation sites (N-methyl/N-ethyl adjacent to an activating group) is 1. The van der Waals surface area contributed by atoms with Gasteiger partial charge in [0.1, 0.15) is 5.56 Å². The van der Waals surface area contributed by atoms with Gasteiger partial charge in [-0.2, -0.15) is 4.98 Å². The number of ether oxygens (including phenoxy) is 1. The lowest BCUT2D eigenvalue weighted by atomic mass is 10.2. The second kappa shape index (κ2) is 8.88. The summed E-state index contributed by atoms with van der Waals surface area (Å²) in [5.41, 5.74) is 3.98. The first-order chi connectivity index (χ1) is 16.0. The number of halogens is 1. The first-order valence-corrected chi connectivity index (χ1v) is 11.2. The standard InChI is InChI=1S/C24H25ClN6O2/c1-16-3-8-21(20(25)13-16)31-15-33-22-19(23(31)32)14-26-24(28-22)27-17-4-6-18(7-5-17)30-11-9-29(2)10-12-30/h3-8,13-14H,9-12,15H2,1-2H3,(H,26,27,28). The van der Waals surface area contributed by atoms with Gasteiger partial charge in [0, 0.05) is 43.8 Å². The second-order valence-corrected chi connectivity index (χ2v) is 8.74. The van der Waals surface area contributed by atoms with Crippen LogP contribution in [0, 0.1) is 6.92 Å². The first-order valence-electron chi connectivity index (χ1n) is 10.9. The van der Waals surface area contributed by atoms with E-state index in [0.717, 1.165) is 37.4 Å². The van der Waals surface area contributed by atoms with E-state index in [4.69, 9.17) is 16.3 Å². The molecule has 0 atom stereocenters. The third-order valence-electron chi connectivity index (χ3n) is 5.95. The van der Waals surface area contributed by atoms with Crippen molar-refractivity contribution in [2.75, 3.05) is 55.1 Å². The smallest absolute Gasteiger partial charge is 0.268 e. The van der Waals surface area contributed by atoms with E-state index in [9.17, 15) is 4.79 Å². The Labute approximate surface area is 197 Å². The van der Waals surface area contributed by atoms with Crippen molar-refractivity contribution in [3.63, 3.8) is 0 Å². The molecule has 8 nitrogen and oxygen atoms in total. The summed E-state index contributed by atoms with van der Waals surface area (Å²) in [5.74, 6) is 0.381. The molecule has 2 aliphatic heterocycles. The summed E-state index contributed by atoms with van der Waals surface area (Å²) in [5, 5.41) is 3.68. The highest BCUT2D eigenvalue weighted by molar-refractivity contribution is 6.34. The fourth-order valence-electron chi connectivity index (χ4n) is 3.97. The van der Waals surface area contributed by atoms with Gasteiger partial charge in [-0.3, -0.25) is 9.69 Å². The number of hydrogen-bond donors (Lipinski definition) is 1. The molecule has 0 aliphatic carbocycles. The lowest BCUT2D eigenvalue weighted by Crippen LogP contribution is -2.44. The normalized spacial score (nSPS) is 16.4. The number of amides is 1. The number of rotatable bonds is 4. The molecule has 3 aromatic rings. The minimum absolute atomic E-state index is 0.0325. The molecule has 1 fully saturated rings. The maximum Gasteiger partial charge on any atom is 0.268 e. The van der Waals surface area contributed by atoms with E-state index in [1.54, 1.807) is 0 Å². The molecule has 5 rings (SSSR count). The topological polar surface area (TPSA) is 73.8 Å². The summed E-state index contributed by atoms with van der Waals surface area (Å²) in [6.07, 6.45) is 1.49. The number of fused-ring (bicyclic) bond motifs is 1. The lowest BCUT2D eigenvalue weighted by molar-refractivity contribution is 0.0932. The largest absolute Gasteiger partial charge is 0.455 e. The highest BCUT2D eigenvalue weighted by atomic mass is 35.5. The molecule has 2 aliphatic rings. The Morgan fingerprint density at radius 2 is 1.82 bits per heavy atom. The van der Waals surface area contributed by atoms with Crippen molar-refractivity contribution in [2.45, 2.75) is 6.92 Å². The molecule has 170 valence electrons.